The minimum absolute atomic E-state index is 0.208. The molecule has 4 aromatic heterocycles. The van der Waals surface area contributed by atoms with Gasteiger partial charge in [0.05, 0.1) is 22.9 Å². The van der Waals surface area contributed by atoms with Crippen molar-refractivity contribution in [1.29, 1.82) is 0 Å². The highest BCUT2D eigenvalue weighted by Crippen LogP contribution is 2.25. The maximum Gasteiger partial charge on any atom is 0.134 e. The van der Waals surface area contributed by atoms with Crippen molar-refractivity contribution >= 4 is 27.4 Å². The summed E-state index contributed by atoms with van der Waals surface area (Å²) in [5, 5.41) is 13.8. The molecule has 0 atom stereocenters. The molecule has 4 heterocycles. The van der Waals surface area contributed by atoms with Crippen molar-refractivity contribution in [3.63, 3.8) is 0 Å². The Morgan fingerprint density at radius 3 is 2.24 bits per heavy atom. The smallest absolute Gasteiger partial charge is 0.134 e. The van der Waals surface area contributed by atoms with Crippen LogP contribution < -0.4 is 0 Å². The molecular weight excluding hydrogens is 456 g/mol. The van der Waals surface area contributed by atoms with E-state index >= 15 is 0 Å². The highest BCUT2D eigenvalue weighted by molar-refractivity contribution is 5.79. The monoisotopic (exact) mass is 494 g/mol. The Kier molecular flexibility index (Phi) is 7.82. The van der Waals surface area contributed by atoms with Crippen molar-refractivity contribution in [3.05, 3.63) is 102 Å². The number of fused-ring (bicyclic) bond motifs is 3. The van der Waals surface area contributed by atoms with Crippen LogP contribution in [-0.4, -0.2) is 19.8 Å². The van der Waals surface area contributed by atoms with E-state index in [9.17, 15) is 0 Å². The van der Waals surface area contributed by atoms with Crippen molar-refractivity contribution in [1.82, 2.24) is 19.8 Å². The molecule has 0 aliphatic rings. The number of rotatable bonds is 2. The fraction of sp³-hybridized carbons (Fsp3) is 0.312. The number of hydrogen-bond acceptors (Lipinski definition) is 3. The van der Waals surface area contributed by atoms with Crippen LogP contribution >= 0.6 is 0 Å². The van der Waals surface area contributed by atoms with Crippen LogP contribution in [0.25, 0.3) is 27.4 Å². The van der Waals surface area contributed by atoms with Crippen molar-refractivity contribution in [2.75, 3.05) is 0 Å². The molecule has 0 unspecified atom stereocenters. The van der Waals surface area contributed by atoms with Crippen molar-refractivity contribution < 1.29 is 4.42 Å². The first-order valence-electron chi connectivity index (χ1n) is 13.0. The zero-order valence-electron chi connectivity index (χ0n) is 23.0. The molecule has 2 aromatic carbocycles. The van der Waals surface area contributed by atoms with Crippen LogP contribution in [0.3, 0.4) is 0 Å². The highest BCUT2D eigenvalue weighted by Gasteiger charge is 2.13. The van der Waals surface area contributed by atoms with Gasteiger partial charge in [-0.05, 0) is 53.3 Å². The molecule has 5 nitrogen and oxygen atoms in total. The van der Waals surface area contributed by atoms with Gasteiger partial charge in [0, 0.05) is 22.9 Å². The van der Waals surface area contributed by atoms with E-state index in [0.717, 1.165) is 22.6 Å². The van der Waals surface area contributed by atoms with Crippen LogP contribution in [-0.2, 0) is 5.41 Å². The van der Waals surface area contributed by atoms with Gasteiger partial charge in [-0.15, -0.1) is 0 Å². The summed E-state index contributed by atoms with van der Waals surface area (Å²) in [6, 6.07) is 24.9. The number of nitrogens with zero attached hydrogens (tertiary/aromatic N) is 3. The second-order valence-electron chi connectivity index (χ2n) is 11.1. The van der Waals surface area contributed by atoms with Crippen LogP contribution in [0.5, 0.6) is 0 Å². The second-order valence-corrected chi connectivity index (χ2v) is 11.1. The molecule has 0 fully saturated rings. The van der Waals surface area contributed by atoms with Crippen LogP contribution in [0.1, 0.15) is 77.3 Å². The fourth-order valence-corrected chi connectivity index (χ4v) is 3.93. The zero-order valence-corrected chi connectivity index (χ0v) is 23.0. The molecule has 6 aromatic rings. The first-order chi connectivity index (χ1) is 17.6. The second kappa shape index (κ2) is 11.0. The number of para-hydroxylation sites is 1. The quantitative estimate of drug-likeness (QED) is 0.261. The molecule has 0 amide bonds. The summed E-state index contributed by atoms with van der Waals surface area (Å²) in [4.78, 5) is 0. The van der Waals surface area contributed by atoms with Gasteiger partial charge in [0.2, 0.25) is 0 Å². The van der Waals surface area contributed by atoms with Crippen molar-refractivity contribution in [3.8, 4) is 0 Å². The summed E-state index contributed by atoms with van der Waals surface area (Å²) in [6.45, 7) is 15.2. The average Bonchev–Trinajstić information content (AvgIpc) is 3.61. The lowest BCUT2D eigenvalue weighted by Gasteiger charge is -2.18. The first kappa shape index (κ1) is 26.2. The van der Waals surface area contributed by atoms with E-state index in [0.29, 0.717) is 11.8 Å². The van der Waals surface area contributed by atoms with Gasteiger partial charge < -0.3 is 4.42 Å². The van der Waals surface area contributed by atoms with Gasteiger partial charge in [-0.2, -0.15) is 10.2 Å². The Hall–Kier alpha value is -3.86. The SMILES string of the molecule is CC(C)(C)c1ccc2cn[nH]c2c1.CC(C)c1cc2ccccc2o1.CC(C)c1cc2ccccn2n1. The number of aromatic amines is 1. The number of hydrogen-bond donors (Lipinski definition) is 1. The normalized spacial score (nSPS) is 11.6. The van der Waals surface area contributed by atoms with E-state index in [1.54, 1.807) is 0 Å². The topological polar surface area (TPSA) is 59.1 Å². The van der Waals surface area contributed by atoms with Crippen LogP contribution in [0.2, 0.25) is 0 Å². The maximum atomic E-state index is 5.63. The molecule has 0 aliphatic carbocycles. The van der Waals surface area contributed by atoms with Gasteiger partial charge in [-0.25, -0.2) is 4.52 Å². The Balaban J connectivity index is 0.000000130. The summed E-state index contributed by atoms with van der Waals surface area (Å²) in [5.74, 6) is 2.04. The van der Waals surface area contributed by atoms with Gasteiger partial charge in [0.25, 0.3) is 0 Å². The van der Waals surface area contributed by atoms with Crippen LogP contribution in [0.15, 0.2) is 89.6 Å². The Labute approximate surface area is 219 Å². The molecule has 192 valence electrons. The van der Waals surface area contributed by atoms with Gasteiger partial charge in [-0.1, -0.05) is 84.9 Å². The molecule has 1 N–H and O–H groups in total. The van der Waals surface area contributed by atoms with E-state index < -0.39 is 0 Å². The molecular formula is C32H38N4O. The third kappa shape index (κ3) is 6.48. The standard InChI is InChI=1S/C11H14N2.C11H12O.C10H12N2/c1-11(2,3)9-5-4-8-7-12-13-10(8)6-9;1-8(2)11-7-9-5-3-4-6-10(9)12-11;1-8(2)10-7-9-5-3-4-6-12(9)11-10/h4-7H,1-3H3,(H,12,13);2*3-8H,1-2H3. The number of benzene rings is 2. The van der Waals surface area contributed by atoms with Crippen molar-refractivity contribution in [2.45, 2.75) is 65.7 Å². The average molecular weight is 495 g/mol. The van der Waals surface area contributed by atoms with E-state index in [-0.39, 0.29) is 5.41 Å². The van der Waals surface area contributed by atoms with E-state index in [1.807, 2.05) is 47.2 Å². The number of H-pyrrole nitrogens is 1. The summed E-state index contributed by atoms with van der Waals surface area (Å²) in [5.41, 5.74) is 5.97. The number of furan rings is 1. The van der Waals surface area contributed by atoms with Gasteiger partial charge in [-0.3, -0.25) is 5.10 Å². The number of nitrogens with one attached hydrogen (secondary N) is 1. The molecule has 0 radical (unpaired) electrons. The lowest BCUT2D eigenvalue weighted by molar-refractivity contribution is 0.522. The zero-order chi connectivity index (χ0) is 26.6. The Morgan fingerprint density at radius 2 is 1.57 bits per heavy atom. The minimum Gasteiger partial charge on any atom is -0.461 e. The summed E-state index contributed by atoms with van der Waals surface area (Å²) in [7, 11) is 0. The fourth-order valence-electron chi connectivity index (χ4n) is 3.93. The lowest BCUT2D eigenvalue weighted by Crippen LogP contribution is -2.10. The maximum absolute atomic E-state index is 5.63. The largest absolute Gasteiger partial charge is 0.461 e. The highest BCUT2D eigenvalue weighted by atomic mass is 16.3. The molecule has 0 bridgehead atoms. The van der Waals surface area contributed by atoms with E-state index in [4.69, 9.17) is 4.42 Å². The molecule has 0 spiro atoms. The predicted octanol–water partition coefficient (Wildman–Crippen LogP) is 8.87. The number of pyridine rings is 1. The Morgan fingerprint density at radius 1 is 0.811 bits per heavy atom. The first-order valence-corrected chi connectivity index (χ1v) is 13.0. The van der Waals surface area contributed by atoms with Gasteiger partial charge in [0.1, 0.15) is 11.3 Å². The Bertz CT molecular complexity index is 1430. The molecule has 0 saturated carbocycles. The molecule has 0 aliphatic heterocycles. The van der Waals surface area contributed by atoms with Gasteiger partial charge in [0.15, 0.2) is 0 Å². The lowest BCUT2D eigenvalue weighted by atomic mass is 9.87. The van der Waals surface area contributed by atoms with Crippen LogP contribution in [0, 0.1) is 0 Å². The summed E-state index contributed by atoms with van der Waals surface area (Å²) in [6.07, 6.45) is 3.82. The van der Waals surface area contributed by atoms with Crippen molar-refractivity contribution in [2.24, 2.45) is 0 Å². The number of aromatic nitrogens is 4. The third-order valence-electron chi connectivity index (χ3n) is 6.30. The van der Waals surface area contributed by atoms with E-state index in [2.05, 4.69) is 106 Å². The molecule has 6 rings (SSSR count). The summed E-state index contributed by atoms with van der Waals surface area (Å²) >= 11 is 0. The van der Waals surface area contributed by atoms with Crippen LogP contribution in [0.4, 0.5) is 0 Å². The third-order valence-corrected chi connectivity index (χ3v) is 6.30. The predicted molar refractivity (Wildman–Crippen MR) is 154 cm³/mol. The molecule has 37 heavy (non-hydrogen) atoms. The van der Waals surface area contributed by atoms with Gasteiger partial charge >= 0.3 is 0 Å². The molecule has 0 saturated heterocycles. The molecule has 5 heteroatoms. The summed E-state index contributed by atoms with van der Waals surface area (Å²) < 4.78 is 7.54. The minimum atomic E-state index is 0.208. The van der Waals surface area contributed by atoms with E-state index in [1.165, 1.54) is 21.9 Å².